The second kappa shape index (κ2) is 6.64. The van der Waals surface area contributed by atoms with Crippen LogP contribution < -0.4 is 14.8 Å². The van der Waals surface area contributed by atoms with Crippen molar-refractivity contribution >= 4 is 11.6 Å². The number of carbonyl (C=O) groups excluding carboxylic acids is 1. The Labute approximate surface area is 144 Å². The summed E-state index contributed by atoms with van der Waals surface area (Å²) in [5, 5.41) is 7.03. The first kappa shape index (κ1) is 15.2. The molecule has 25 heavy (non-hydrogen) atoms. The van der Waals surface area contributed by atoms with Gasteiger partial charge in [0.25, 0.3) is 5.91 Å². The molecule has 0 saturated carbocycles. The van der Waals surface area contributed by atoms with E-state index in [0.717, 1.165) is 11.5 Å². The van der Waals surface area contributed by atoms with E-state index in [-0.39, 0.29) is 12.0 Å². The van der Waals surface area contributed by atoms with E-state index >= 15 is 0 Å². The Balaban J connectivity index is 1.38. The summed E-state index contributed by atoms with van der Waals surface area (Å²) < 4.78 is 13.3. The zero-order valence-electron chi connectivity index (χ0n) is 13.3. The number of benzene rings is 1. The van der Waals surface area contributed by atoms with Crippen LogP contribution in [0.15, 0.2) is 61.1 Å². The number of aromatic nitrogens is 3. The number of hydrogen-bond donors (Lipinski definition) is 1. The fraction of sp³-hybridized carbons (Fsp3) is 0.167. The number of hydrogen-bond acceptors (Lipinski definition) is 5. The van der Waals surface area contributed by atoms with E-state index in [1.54, 1.807) is 41.5 Å². The van der Waals surface area contributed by atoms with Crippen molar-refractivity contribution in [3.63, 3.8) is 0 Å². The molecule has 1 N–H and O–H groups in total. The molecule has 1 aromatic carbocycles. The van der Waals surface area contributed by atoms with Crippen LogP contribution in [0.4, 0.5) is 5.69 Å². The number of carbonyl (C=O) groups is 1. The molecule has 1 aliphatic heterocycles. The van der Waals surface area contributed by atoms with E-state index in [1.807, 2.05) is 24.3 Å². The van der Waals surface area contributed by atoms with Gasteiger partial charge in [-0.15, -0.1) is 0 Å². The highest BCUT2D eigenvalue weighted by Crippen LogP contribution is 2.31. The molecule has 7 nitrogen and oxygen atoms in total. The van der Waals surface area contributed by atoms with Crippen LogP contribution in [0.5, 0.6) is 11.5 Å². The number of anilines is 1. The lowest BCUT2D eigenvalue weighted by Crippen LogP contribution is -2.33. The van der Waals surface area contributed by atoms with E-state index in [2.05, 4.69) is 15.4 Å². The first-order valence-electron chi connectivity index (χ1n) is 7.91. The molecule has 4 rings (SSSR count). The molecule has 126 valence electrons. The number of rotatable bonds is 4. The minimum Gasteiger partial charge on any atom is -0.486 e. The highest BCUT2D eigenvalue weighted by Gasteiger charge is 2.21. The van der Waals surface area contributed by atoms with Gasteiger partial charge in [0.2, 0.25) is 0 Å². The molecule has 0 radical (unpaired) electrons. The predicted molar refractivity (Wildman–Crippen MR) is 90.8 cm³/mol. The number of pyridine rings is 1. The number of fused-ring (bicyclic) bond motifs is 1. The molecule has 0 saturated heterocycles. The van der Waals surface area contributed by atoms with Gasteiger partial charge >= 0.3 is 0 Å². The zero-order valence-corrected chi connectivity index (χ0v) is 13.3. The van der Waals surface area contributed by atoms with Crippen molar-refractivity contribution < 1.29 is 14.3 Å². The summed E-state index contributed by atoms with van der Waals surface area (Å²) in [4.78, 5) is 16.1. The maximum absolute atomic E-state index is 12.1. The Bertz CT molecular complexity index is 879. The van der Waals surface area contributed by atoms with Crippen molar-refractivity contribution in [2.45, 2.75) is 12.6 Å². The van der Waals surface area contributed by atoms with Gasteiger partial charge in [-0.3, -0.25) is 14.5 Å². The molecule has 0 fully saturated rings. The van der Waals surface area contributed by atoms with E-state index in [4.69, 9.17) is 9.47 Å². The monoisotopic (exact) mass is 336 g/mol. The van der Waals surface area contributed by atoms with Crippen molar-refractivity contribution in [3.8, 4) is 11.5 Å². The van der Waals surface area contributed by atoms with Gasteiger partial charge in [-0.2, -0.15) is 5.10 Å². The van der Waals surface area contributed by atoms with Crippen molar-refractivity contribution in [1.29, 1.82) is 0 Å². The Morgan fingerprint density at radius 2 is 2.04 bits per heavy atom. The molecule has 3 heterocycles. The van der Waals surface area contributed by atoms with Crippen molar-refractivity contribution in [2.24, 2.45) is 0 Å². The van der Waals surface area contributed by atoms with Crippen LogP contribution >= 0.6 is 0 Å². The average Bonchev–Trinajstić information content (AvgIpc) is 3.09. The highest BCUT2D eigenvalue weighted by molar-refractivity contribution is 6.02. The maximum atomic E-state index is 12.1. The summed E-state index contributed by atoms with van der Waals surface area (Å²) >= 11 is 0. The van der Waals surface area contributed by atoms with Crippen molar-refractivity contribution in [2.75, 3.05) is 11.9 Å². The number of nitrogens with one attached hydrogen (secondary N) is 1. The largest absolute Gasteiger partial charge is 0.486 e. The van der Waals surface area contributed by atoms with Gasteiger partial charge in [-0.05, 0) is 24.3 Å². The lowest BCUT2D eigenvalue weighted by Gasteiger charge is -2.26. The van der Waals surface area contributed by atoms with Crippen LogP contribution in [0.2, 0.25) is 0 Å². The lowest BCUT2D eigenvalue weighted by atomic mass is 10.2. The summed E-state index contributed by atoms with van der Waals surface area (Å²) in [7, 11) is 0. The van der Waals surface area contributed by atoms with E-state index in [0.29, 0.717) is 24.5 Å². The number of para-hydroxylation sites is 2. The molecule has 1 unspecified atom stereocenters. The quantitative estimate of drug-likeness (QED) is 0.791. The van der Waals surface area contributed by atoms with Crippen molar-refractivity contribution in [3.05, 3.63) is 66.7 Å². The van der Waals surface area contributed by atoms with Gasteiger partial charge in [-0.25, -0.2) is 0 Å². The van der Waals surface area contributed by atoms with E-state index in [9.17, 15) is 4.79 Å². The van der Waals surface area contributed by atoms with Gasteiger partial charge in [-0.1, -0.05) is 18.2 Å². The molecule has 1 amide bonds. The van der Waals surface area contributed by atoms with Gasteiger partial charge in [0.15, 0.2) is 17.6 Å². The molecule has 3 aromatic rings. The smallest absolute Gasteiger partial charge is 0.274 e. The lowest BCUT2D eigenvalue weighted by molar-refractivity contribution is 0.0759. The SMILES string of the molecule is O=C(Nc1cnn(CC2COc3ccccc3O2)c1)c1ccccn1. The van der Waals surface area contributed by atoms with Crippen LogP contribution in [-0.4, -0.2) is 33.4 Å². The standard InChI is InChI=1S/C18H16N4O3/c23-18(15-5-3-4-8-19-15)21-13-9-20-22(10-13)11-14-12-24-16-6-1-2-7-17(16)25-14/h1-10,14H,11-12H2,(H,21,23). The third-order valence-corrected chi connectivity index (χ3v) is 3.75. The van der Waals surface area contributed by atoms with Gasteiger partial charge in [0.1, 0.15) is 12.3 Å². The summed E-state index contributed by atoms with van der Waals surface area (Å²) in [5.74, 6) is 1.21. The highest BCUT2D eigenvalue weighted by atomic mass is 16.6. The first-order valence-corrected chi connectivity index (χ1v) is 7.91. The Morgan fingerprint density at radius 1 is 1.20 bits per heavy atom. The fourth-order valence-electron chi connectivity index (χ4n) is 2.58. The fourth-order valence-corrected chi connectivity index (χ4v) is 2.58. The first-order chi connectivity index (χ1) is 12.3. The van der Waals surface area contributed by atoms with Crippen LogP contribution in [-0.2, 0) is 6.54 Å². The molecular weight excluding hydrogens is 320 g/mol. The summed E-state index contributed by atoms with van der Waals surface area (Å²) in [6.45, 7) is 0.973. The summed E-state index contributed by atoms with van der Waals surface area (Å²) in [6.07, 6.45) is 4.79. The third kappa shape index (κ3) is 3.45. The Hall–Kier alpha value is -3.35. The number of ether oxygens (including phenoxy) is 2. The normalized spacial score (nSPS) is 15.6. The molecule has 7 heteroatoms. The maximum Gasteiger partial charge on any atom is 0.274 e. The Morgan fingerprint density at radius 3 is 2.88 bits per heavy atom. The Kier molecular flexibility index (Phi) is 4.04. The summed E-state index contributed by atoms with van der Waals surface area (Å²) in [5.41, 5.74) is 0.962. The van der Waals surface area contributed by atoms with Gasteiger partial charge < -0.3 is 14.8 Å². The van der Waals surface area contributed by atoms with Gasteiger partial charge in [0, 0.05) is 12.4 Å². The van der Waals surface area contributed by atoms with Crippen LogP contribution in [0.1, 0.15) is 10.5 Å². The number of nitrogens with zero attached hydrogens (tertiary/aromatic N) is 3. The van der Waals surface area contributed by atoms with Crippen molar-refractivity contribution in [1.82, 2.24) is 14.8 Å². The molecule has 1 atom stereocenters. The molecule has 0 aliphatic carbocycles. The topological polar surface area (TPSA) is 78.3 Å². The van der Waals surface area contributed by atoms with Gasteiger partial charge in [0.05, 0.1) is 18.4 Å². The van der Waals surface area contributed by atoms with E-state index in [1.165, 1.54) is 0 Å². The second-order valence-corrected chi connectivity index (χ2v) is 5.62. The second-order valence-electron chi connectivity index (χ2n) is 5.62. The average molecular weight is 336 g/mol. The van der Waals surface area contributed by atoms with Crippen LogP contribution in [0.25, 0.3) is 0 Å². The molecule has 0 spiro atoms. The van der Waals surface area contributed by atoms with Crippen LogP contribution in [0, 0.1) is 0 Å². The van der Waals surface area contributed by atoms with E-state index < -0.39 is 0 Å². The predicted octanol–water partition coefficient (Wildman–Crippen LogP) is 2.37. The van der Waals surface area contributed by atoms with Crippen LogP contribution in [0.3, 0.4) is 0 Å². The molecule has 0 bridgehead atoms. The molecule has 1 aliphatic rings. The molecule has 2 aromatic heterocycles. The third-order valence-electron chi connectivity index (χ3n) is 3.75. The molecular formula is C18H16N4O3. The zero-order chi connectivity index (χ0) is 17.1. The minimum absolute atomic E-state index is 0.144. The number of amides is 1. The summed E-state index contributed by atoms with van der Waals surface area (Å²) in [6, 6.07) is 12.8. The minimum atomic E-state index is -0.272.